The monoisotopic (exact) mass is 233 g/mol. The lowest BCUT2D eigenvalue weighted by Crippen LogP contribution is -2.17. The largest absolute Gasteiger partial charge is 0.321 e. The van der Waals surface area contributed by atoms with Crippen LogP contribution in [0.4, 0.5) is 0 Å². The van der Waals surface area contributed by atoms with Gasteiger partial charge in [-0.25, -0.2) is 4.68 Å². The van der Waals surface area contributed by atoms with E-state index in [4.69, 9.17) is 17.3 Å². The summed E-state index contributed by atoms with van der Waals surface area (Å²) in [5.74, 6) is 0. The Labute approximate surface area is 98.8 Å². The molecule has 1 aromatic carbocycles. The molecule has 2 aromatic rings. The highest BCUT2D eigenvalue weighted by Gasteiger charge is 2.41. The van der Waals surface area contributed by atoms with Gasteiger partial charge in [0.25, 0.3) is 0 Å². The predicted molar refractivity (Wildman–Crippen MR) is 63.7 cm³/mol. The van der Waals surface area contributed by atoms with Crippen LogP contribution in [0.5, 0.6) is 0 Å². The maximum atomic E-state index is 6.11. The first-order valence-electron chi connectivity index (χ1n) is 5.27. The van der Waals surface area contributed by atoms with Crippen LogP contribution in [0.2, 0.25) is 5.02 Å². The maximum Gasteiger partial charge on any atom is 0.0660 e. The zero-order valence-corrected chi connectivity index (χ0v) is 9.48. The summed E-state index contributed by atoms with van der Waals surface area (Å²) in [6.07, 6.45) is 5.93. The SMILES string of the molecule is NC1(c2cnn(-c3cccc(Cl)c3)c2)CC1. The molecule has 0 unspecified atom stereocenters. The van der Waals surface area contributed by atoms with Crippen LogP contribution in [0.3, 0.4) is 0 Å². The lowest BCUT2D eigenvalue weighted by atomic mass is 10.1. The van der Waals surface area contributed by atoms with Crippen molar-refractivity contribution in [3.63, 3.8) is 0 Å². The first-order valence-corrected chi connectivity index (χ1v) is 5.65. The molecule has 3 rings (SSSR count). The molecule has 0 saturated heterocycles. The standard InChI is InChI=1S/C12H12ClN3/c13-10-2-1-3-11(6-10)16-8-9(7-15-16)12(14)4-5-12/h1-3,6-8H,4-5,14H2. The van der Waals surface area contributed by atoms with Crippen molar-refractivity contribution in [2.75, 3.05) is 0 Å². The molecule has 2 N–H and O–H groups in total. The van der Waals surface area contributed by atoms with Crippen LogP contribution < -0.4 is 5.73 Å². The third kappa shape index (κ3) is 1.62. The minimum absolute atomic E-state index is 0.128. The predicted octanol–water partition coefficient (Wildman–Crippen LogP) is 2.47. The second-order valence-corrected chi connectivity index (χ2v) is 4.75. The van der Waals surface area contributed by atoms with Gasteiger partial charge in [-0.3, -0.25) is 0 Å². The maximum absolute atomic E-state index is 6.11. The van der Waals surface area contributed by atoms with Gasteiger partial charge in [0, 0.05) is 22.3 Å². The topological polar surface area (TPSA) is 43.8 Å². The van der Waals surface area contributed by atoms with Crippen molar-refractivity contribution in [3.05, 3.63) is 47.2 Å². The van der Waals surface area contributed by atoms with Crippen molar-refractivity contribution < 1.29 is 0 Å². The number of nitrogens with zero attached hydrogens (tertiary/aromatic N) is 2. The molecule has 1 saturated carbocycles. The third-order valence-corrected chi connectivity index (χ3v) is 3.25. The van der Waals surface area contributed by atoms with Crippen LogP contribution in [0, 0.1) is 0 Å². The molecule has 1 fully saturated rings. The summed E-state index contributed by atoms with van der Waals surface area (Å²) >= 11 is 5.94. The van der Waals surface area contributed by atoms with E-state index in [-0.39, 0.29) is 5.54 Å². The van der Waals surface area contributed by atoms with Crippen LogP contribution in [0.25, 0.3) is 5.69 Å². The summed E-state index contributed by atoms with van der Waals surface area (Å²) in [6.45, 7) is 0. The van der Waals surface area contributed by atoms with E-state index in [1.54, 1.807) is 0 Å². The van der Waals surface area contributed by atoms with E-state index in [1.165, 1.54) is 0 Å². The van der Waals surface area contributed by atoms with E-state index >= 15 is 0 Å². The molecule has 0 radical (unpaired) electrons. The average molecular weight is 234 g/mol. The van der Waals surface area contributed by atoms with Crippen molar-refractivity contribution in [2.24, 2.45) is 5.73 Å². The summed E-state index contributed by atoms with van der Waals surface area (Å²) in [5, 5.41) is 5.02. The Balaban J connectivity index is 1.98. The Morgan fingerprint density at radius 2 is 2.19 bits per heavy atom. The number of benzene rings is 1. The van der Waals surface area contributed by atoms with E-state index < -0.39 is 0 Å². The van der Waals surface area contributed by atoms with Crippen LogP contribution in [0.1, 0.15) is 18.4 Å². The minimum Gasteiger partial charge on any atom is -0.321 e. The highest BCUT2D eigenvalue weighted by molar-refractivity contribution is 6.30. The van der Waals surface area contributed by atoms with Crippen LogP contribution in [0.15, 0.2) is 36.7 Å². The zero-order chi connectivity index (χ0) is 11.2. The van der Waals surface area contributed by atoms with Crippen molar-refractivity contribution in [1.82, 2.24) is 9.78 Å². The molecule has 1 aliphatic rings. The molecule has 0 bridgehead atoms. The van der Waals surface area contributed by atoms with Crippen molar-refractivity contribution in [2.45, 2.75) is 18.4 Å². The first-order chi connectivity index (χ1) is 7.67. The number of aromatic nitrogens is 2. The van der Waals surface area contributed by atoms with Crippen LogP contribution >= 0.6 is 11.6 Å². The number of hydrogen-bond donors (Lipinski definition) is 1. The number of nitrogens with two attached hydrogens (primary N) is 1. The van der Waals surface area contributed by atoms with Gasteiger partial charge in [-0.2, -0.15) is 5.10 Å². The van der Waals surface area contributed by atoms with Gasteiger partial charge >= 0.3 is 0 Å². The molecular weight excluding hydrogens is 222 g/mol. The Bertz CT molecular complexity index is 529. The van der Waals surface area contributed by atoms with E-state index in [2.05, 4.69) is 5.10 Å². The molecule has 4 heteroatoms. The molecule has 82 valence electrons. The highest BCUT2D eigenvalue weighted by Crippen LogP contribution is 2.42. The Morgan fingerprint density at radius 1 is 1.38 bits per heavy atom. The van der Waals surface area contributed by atoms with Gasteiger partial charge in [-0.15, -0.1) is 0 Å². The summed E-state index contributed by atoms with van der Waals surface area (Å²) in [7, 11) is 0. The fraction of sp³-hybridized carbons (Fsp3) is 0.250. The fourth-order valence-electron chi connectivity index (χ4n) is 1.76. The van der Waals surface area contributed by atoms with E-state index in [1.807, 2.05) is 41.3 Å². The smallest absolute Gasteiger partial charge is 0.0660 e. The molecule has 0 aliphatic heterocycles. The number of halogens is 1. The van der Waals surface area contributed by atoms with Gasteiger partial charge in [-0.1, -0.05) is 17.7 Å². The van der Waals surface area contributed by atoms with E-state index in [0.717, 1.165) is 24.1 Å². The molecule has 0 atom stereocenters. The van der Waals surface area contributed by atoms with Gasteiger partial charge in [-0.05, 0) is 31.0 Å². The van der Waals surface area contributed by atoms with Crippen LogP contribution in [-0.2, 0) is 5.54 Å². The Hall–Kier alpha value is -1.32. The lowest BCUT2D eigenvalue weighted by molar-refractivity contribution is 0.739. The Kier molecular flexibility index (Phi) is 2.06. The number of rotatable bonds is 2. The van der Waals surface area contributed by atoms with Gasteiger partial charge in [0.05, 0.1) is 11.9 Å². The van der Waals surface area contributed by atoms with Gasteiger partial charge in [0.1, 0.15) is 0 Å². The fourth-order valence-corrected chi connectivity index (χ4v) is 1.95. The second kappa shape index (κ2) is 3.34. The summed E-state index contributed by atoms with van der Waals surface area (Å²) < 4.78 is 1.81. The molecular formula is C12H12ClN3. The number of hydrogen-bond acceptors (Lipinski definition) is 2. The van der Waals surface area contributed by atoms with Crippen molar-refractivity contribution in [1.29, 1.82) is 0 Å². The quantitative estimate of drug-likeness (QED) is 0.866. The third-order valence-electron chi connectivity index (χ3n) is 3.02. The molecule has 1 aliphatic carbocycles. The summed E-state index contributed by atoms with van der Waals surface area (Å²) in [6, 6.07) is 7.61. The van der Waals surface area contributed by atoms with Gasteiger partial charge in [0.2, 0.25) is 0 Å². The van der Waals surface area contributed by atoms with E-state index in [0.29, 0.717) is 5.02 Å². The van der Waals surface area contributed by atoms with Crippen molar-refractivity contribution in [3.8, 4) is 5.69 Å². The van der Waals surface area contributed by atoms with Crippen molar-refractivity contribution >= 4 is 11.6 Å². The van der Waals surface area contributed by atoms with Crippen LogP contribution in [-0.4, -0.2) is 9.78 Å². The van der Waals surface area contributed by atoms with E-state index in [9.17, 15) is 0 Å². The molecule has 1 heterocycles. The highest BCUT2D eigenvalue weighted by atomic mass is 35.5. The molecule has 16 heavy (non-hydrogen) atoms. The first kappa shape index (κ1) is 9.87. The second-order valence-electron chi connectivity index (χ2n) is 4.31. The average Bonchev–Trinajstić information content (AvgIpc) is 2.83. The molecule has 0 spiro atoms. The summed E-state index contributed by atoms with van der Waals surface area (Å²) in [5.41, 5.74) is 8.05. The molecule has 3 nitrogen and oxygen atoms in total. The van der Waals surface area contributed by atoms with Gasteiger partial charge in [0.15, 0.2) is 0 Å². The minimum atomic E-state index is -0.128. The lowest BCUT2D eigenvalue weighted by Gasteiger charge is -2.04. The Morgan fingerprint density at radius 3 is 2.88 bits per heavy atom. The molecule has 1 aromatic heterocycles. The molecule has 0 amide bonds. The zero-order valence-electron chi connectivity index (χ0n) is 8.73. The summed E-state index contributed by atoms with van der Waals surface area (Å²) in [4.78, 5) is 0. The van der Waals surface area contributed by atoms with Gasteiger partial charge < -0.3 is 5.73 Å². The normalized spacial score (nSPS) is 17.4.